The second kappa shape index (κ2) is 13.9. The highest BCUT2D eigenvalue weighted by molar-refractivity contribution is 5.91. The van der Waals surface area contributed by atoms with E-state index in [-0.39, 0.29) is 24.7 Å². The third-order valence-corrected chi connectivity index (χ3v) is 7.34. The molecular weight excluding hydrogens is 562 g/mol. The van der Waals surface area contributed by atoms with Crippen LogP contribution < -0.4 is 10.2 Å². The van der Waals surface area contributed by atoms with Crippen LogP contribution in [0, 0.1) is 5.82 Å². The maximum absolute atomic E-state index is 13.6. The summed E-state index contributed by atoms with van der Waals surface area (Å²) in [6.07, 6.45) is -3.52. The van der Waals surface area contributed by atoms with Crippen molar-refractivity contribution in [2.45, 2.75) is 25.6 Å². The molecule has 1 amide bonds. The van der Waals surface area contributed by atoms with Gasteiger partial charge in [0.25, 0.3) is 0 Å². The quantitative estimate of drug-likeness (QED) is 0.225. The van der Waals surface area contributed by atoms with Gasteiger partial charge in [-0.2, -0.15) is 13.2 Å². The van der Waals surface area contributed by atoms with E-state index in [0.717, 1.165) is 49.1 Å². The largest absolute Gasteiger partial charge is 0.416 e. The van der Waals surface area contributed by atoms with Crippen LogP contribution in [-0.4, -0.2) is 66.7 Å². The van der Waals surface area contributed by atoms with Gasteiger partial charge in [0.2, 0.25) is 5.91 Å². The molecule has 0 aliphatic carbocycles. The van der Waals surface area contributed by atoms with Crippen LogP contribution >= 0.6 is 0 Å². The zero-order valence-corrected chi connectivity index (χ0v) is 23.6. The van der Waals surface area contributed by atoms with Crippen molar-refractivity contribution in [3.8, 4) is 11.4 Å². The fourth-order valence-electron chi connectivity index (χ4n) is 5.05. The number of hydrogen-bond donors (Lipinski definition) is 1. The highest BCUT2D eigenvalue weighted by Crippen LogP contribution is 2.30. The van der Waals surface area contributed by atoms with Crippen molar-refractivity contribution >= 4 is 22.6 Å². The van der Waals surface area contributed by atoms with Gasteiger partial charge in [0.1, 0.15) is 11.6 Å². The monoisotopic (exact) mass is 595 g/mol. The number of carbonyl (C=O) groups is 1. The number of nitrogens with zero attached hydrogens (tertiary/aromatic N) is 4. The van der Waals surface area contributed by atoms with Gasteiger partial charge in [0, 0.05) is 56.6 Å². The van der Waals surface area contributed by atoms with Gasteiger partial charge in [0.15, 0.2) is 5.82 Å². The number of rotatable bonds is 11. The highest BCUT2D eigenvalue weighted by Gasteiger charge is 2.30. The molecule has 4 aromatic rings. The number of nitrogens with one attached hydrogen (secondary N) is 1. The first-order chi connectivity index (χ1) is 20.8. The van der Waals surface area contributed by atoms with Gasteiger partial charge in [-0.1, -0.05) is 24.3 Å². The van der Waals surface area contributed by atoms with Gasteiger partial charge in [-0.15, -0.1) is 0 Å². The average Bonchev–Trinajstić information content (AvgIpc) is 3.02. The zero-order valence-electron chi connectivity index (χ0n) is 23.6. The predicted octanol–water partition coefficient (Wildman–Crippen LogP) is 5.69. The number of halogens is 4. The van der Waals surface area contributed by atoms with Crippen LogP contribution in [0.2, 0.25) is 0 Å². The van der Waals surface area contributed by atoms with Crippen molar-refractivity contribution in [3.05, 3.63) is 89.7 Å². The fourth-order valence-corrected chi connectivity index (χ4v) is 5.05. The Kier molecular flexibility index (Phi) is 9.83. The maximum atomic E-state index is 13.6. The first kappa shape index (κ1) is 30.4. The third-order valence-electron chi connectivity index (χ3n) is 7.34. The summed E-state index contributed by atoms with van der Waals surface area (Å²) in [5.41, 5.74) is 1.01. The molecule has 226 valence electrons. The number of hydrogen-bond acceptors (Lipinski definition) is 6. The van der Waals surface area contributed by atoms with E-state index >= 15 is 0 Å². The topological polar surface area (TPSA) is 70.6 Å². The Balaban J connectivity index is 1.34. The number of amides is 1. The fraction of sp³-hybridized carbons (Fsp3) is 0.344. The van der Waals surface area contributed by atoms with Gasteiger partial charge in [0.05, 0.1) is 24.3 Å². The van der Waals surface area contributed by atoms with Gasteiger partial charge >= 0.3 is 6.18 Å². The maximum Gasteiger partial charge on any atom is 0.416 e. The molecule has 1 aliphatic rings. The molecule has 0 radical (unpaired) electrons. The van der Waals surface area contributed by atoms with E-state index in [1.807, 2.05) is 24.3 Å². The zero-order chi connectivity index (χ0) is 30.2. The van der Waals surface area contributed by atoms with Gasteiger partial charge < -0.3 is 15.0 Å². The first-order valence-corrected chi connectivity index (χ1v) is 14.3. The number of benzene rings is 3. The molecule has 1 aromatic heterocycles. The van der Waals surface area contributed by atoms with Crippen LogP contribution in [-0.2, 0) is 22.3 Å². The predicted molar refractivity (Wildman–Crippen MR) is 157 cm³/mol. The number of aromatic nitrogens is 2. The molecule has 11 heteroatoms. The molecular formula is C32H33F4N5O2. The minimum atomic E-state index is -4.45. The summed E-state index contributed by atoms with van der Waals surface area (Å²) in [4.78, 5) is 26.9. The van der Waals surface area contributed by atoms with Gasteiger partial charge in [-0.3, -0.25) is 9.69 Å². The lowest BCUT2D eigenvalue weighted by atomic mass is 10.1. The van der Waals surface area contributed by atoms with Gasteiger partial charge in [-0.05, 0) is 60.5 Å². The normalized spacial score (nSPS) is 14.1. The SMILES string of the molecule is O=C(CCN(CCCN1CCOCC1)c1nc(-c2ccc(F)cc2)nc2ccccc12)NCc1cccc(C(F)(F)F)c1. The van der Waals surface area contributed by atoms with Crippen molar-refractivity contribution < 1.29 is 27.1 Å². The van der Waals surface area contributed by atoms with E-state index in [4.69, 9.17) is 14.7 Å². The van der Waals surface area contributed by atoms with Crippen LogP contribution in [0.3, 0.4) is 0 Å². The summed E-state index contributed by atoms with van der Waals surface area (Å²) in [6, 6.07) is 18.5. The Morgan fingerprint density at radius 1 is 0.953 bits per heavy atom. The molecule has 0 atom stereocenters. The smallest absolute Gasteiger partial charge is 0.379 e. The Bertz CT molecular complexity index is 1520. The molecule has 0 bridgehead atoms. The number of anilines is 1. The number of para-hydroxylation sites is 1. The van der Waals surface area contributed by atoms with Crippen molar-refractivity contribution in [1.29, 1.82) is 0 Å². The first-order valence-electron chi connectivity index (χ1n) is 14.3. The number of carbonyl (C=O) groups excluding carboxylic acids is 1. The van der Waals surface area contributed by atoms with E-state index in [0.29, 0.717) is 49.1 Å². The highest BCUT2D eigenvalue weighted by atomic mass is 19.4. The van der Waals surface area contributed by atoms with E-state index in [9.17, 15) is 22.4 Å². The van der Waals surface area contributed by atoms with E-state index in [1.165, 1.54) is 18.2 Å². The van der Waals surface area contributed by atoms with Crippen LogP contribution in [0.25, 0.3) is 22.3 Å². The lowest BCUT2D eigenvalue weighted by Crippen LogP contribution is -2.39. The number of fused-ring (bicyclic) bond motifs is 1. The van der Waals surface area contributed by atoms with Crippen molar-refractivity contribution in [2.75, 3.05) is 50.8 Å². The van der Waals surface area contributed by atoms with Crippen LogP contribution in [0.5, 0.6) is 0 Å². The molecule has 7 nitrogen and oxygen atoms in total. The lowest BCUT2D eigenvalue weighted by Gasteiger charge is -2.29. The minimum Gasteiger partial charge on any atom is -0.379 e. The summed E-state index contributed by atoms with van der Waals surface area (Å²) >= 11 is 0. The molecule has 1 N–H and O–H groups in total. The average molecular weight is 596 g/mol. The third kappa shape index (κ3) is 8.26. The van der Waals surface area contributed by atoms with E-state index in [1.54, 1.807) is 18.2 Å². The van der Waals surface area contributed by atoms with Crippen LogP contribution in [0.4, 0.5) is 23.4 Å². The van der Waals surface area contributed by atoms with Crippen molar-refractivity contribution in [1.82, 2.24) is 20.2 Å². The Morgan fingerprint density at radius 3 is 2.49 bits per heavy atom. The van der Waals surface area contributed by atoms with E-state index < -0.39 is 11.7 Å². The molecule has 1 fully saturated rings. The van der Waals surface area contributed by atoms with E-state index in [2.05, 4.69) is 15.1 Å². The standard InChI is InChI=1S/C32H33F4N5O2/c33-26-11-9-24(10-12-26)30-38-28-8-2-1-7-27(28)31(39-30)41(15-4-14-40-17-19-43-20-18-40)16-13-29(42)37-22-23-5-3-6-25(21-23)32(34,35)36/h1-3,5-12,21H,4,13-20,22H2,(H,37,42). The van der Waals surface area contributed by atoms with Crippen LogP contribution in [0.15, 0.2) is 72.8 Å². The molecule has 1 aliphatic heterocycles. The number of morpholine rings is 1. The molecule has 2 heterocycles. The minimum absolute atomic E-state index is 0.00899. The Hall–Kier alpha value is -4.09. The summed E-state index contributed by atoms with van der Waals surface area (Å²) in [5.74, 6) is 0.469. The molecule has 0 unspecified atom stereocenters. The number of ether oxygens (including phenoxy) is 1. The summed E-state index contributed by atoms with van der Waals surface area (Å²) in [6.45, 7) is 4.93. The van der Waals surface area contributed by atoms with Crippen molar-refractivity contribution in [3.63, 3.8) is 0 Å². The lowest BCUT2D eigenvalue weighted by molar-refractivity contribution is -0.137. The number of alkyl halides is 3. The molecule has 43 heavy (non-hydrogen) atoms. The Morgan fingerprint density at radius 2 is 1.72 bits per heavy atom. The summed E-state index contributed by atoms with van der Waals surface area (Å²) in [5, 5.41) is 3.57. The van der Waals surface area contributed by atoms with Crippen molar-refractivity contribution in [2.24, 2.45) is 0 Å². The molecule has 3 aromatic carbocycles. The van der Waals surface area contributed by atoms with Gasteiger partial charge in [-0.25, -0.2) is 14.4 Å². The molecule has 5 rings (SSSR count). The Labute approximate surface area is 247 Å². The second-order valence-electron chi connectivity index (χ2n) is 10.4. The molecule has 0 spiro atoms. The summed E-state index contributed by atoms with van der Waals surface area (Å²) < 4.78 is 58.4. The molecule has 0 saturated carbocycles. The van der Waals surface area contributed by atoms with Crippen LogP contribution in [0.1, 0.15) is 24.0 Å². The second-order valence-corrected chi connectivity index (χ2v) is 10.4. The molecule has 1 saturated heterocycles. The summed E-state index contributed by atoms with van der Waals surface area (Å²) in [7, 11) is 0.